The Kier molecular flexibility index (Phi) is 9.12. The molecule has 0 atom stereocenters. The fourth-order valence-corrected chi connectivity index (χ4v) is 13.5. The van der Waals surface area contributed by atoms with E-state index in [9.17, 15) is 0 Å². The van der Waals surface area contributed by atoms with Crippen molar-refractivity contribution in [2.75, 3.05) is 4.90 Å². The Morgan fingerprint density at radius 2 is 0.754 bits per heavy atom. The summed E-state index contributed by atoms with van der Waals surface area (Å²) in [4.78, 5) is 2.53. The average Bonchev–Trinajstić information content (AvgIpc) is 3.66. The van der Waals surface area contributed by atoms with Crippen molar-refractivity contribution in [3.05, 3.63) is 236 Å². The second-order valence-electron chi connectivity index (χ2n) is 19.3. The molecule has 14 rings (SSSR count). The predicted molar refractivity (Wildman–Crippen MR) is 272 cm³/mol. The highest BCUT2D eigenvalue weighted by atomic mass is 15.1. The monoisotopic (exact) mass is 833 g/mol. The number of benzene rings is 9. The fourth-order valence-electron chi connectivity index (χ4n) is 13.5. The minimum Gasteiger partial charge on any atom is -0.310 e. The summed E-state index contributed by atoms with van der Waals surface area (Å²) in [6.45, 7) is 0. The quantitative estimate of drug-likeness (QED) is 0.147. The number of rotatable bonds is 8. The Morgan fingerprint density at radius 1 is 0.292 bits per heavy atom. The van der Waals surface area contributed by atoms with E-state index in [0.29, 0.717) is 0 Å². The van der Waals surface area contributed by atoms with Crippen molar-refractivity contribution in [1.29, 1.82) is 0 Å². The zero-order valence-corrected chi connectivity index (χ0v) is 36.7. The smallest absolute Gasteiger partial charge is 0.0540 e. The molecule has 5 aliphatic carbocycles. The van der Waals surface area contributed by atoms with Gasteiger partial charge < -0.3 is 4.90 Å². The van der Waals surface area contributed by atoms with E-state index >= 15 is 0 Å². The molecule has 0 radical (unpaired) electrons. The van der Waals surface area contributed by atoms with Crippen LogP contribution in [0.1, 0.15) is 43.2 Å². The minimum atomic E-state index is 0.127. The highest BCUT2D eigenvalue weighted by Crippen LogP contribution is 2.69. The zero-order valence-electron chi connectivity index (χ0n) is 36.7. The van der Waals surface area contributed by atoms with Crippen molar-refractivity contribution >= 4 is 17.1 Å². The van der Waals surface area contributed by atoms with Gasteiger partial charge in [0.05, 0.1) is 5.69 Å². The van der Waals surface area contributed by atoms with Gasteiger partial charge in [-0.3, -0.25) is 0 Å². The molecular formula is C64H51N. The van der Waals surface area contributed by atoms with Gasteiger partial charge in [-0.1, -0.05) is 188 Å². The Morgan fingerprint density at radius 3 is 1.42 bits per heavy atom. The lowest BCUT2D eigenvalue weighted by Crippen LogP contribution is -2.55. The number of nitrogens with zero attached hydrogens (tertiary/aromatic N) is 1. The van der Waals surface area contributed by atoms with Gasteiger partial charge in [0.1, 0.15) is 0 Å². The molecule has 4 saturated carbocycles. The van der Waals surface area contributed by atoms with E-state index in [4.69, 9.17) is 0 Å². The van der Waals surface area contributed by atoms with Crippen LogP contribution in [0.25, 0.3) is 66.8 Å². The van der Waals surface area contributed by atoms with E-state index in [1.807, 2.05) is 0 Å². The van der Waals surface area contributed by atoms with Crippen LogP contribution < -0.4 is 4.90 Å². The molecule has 0 saturated heterocycles. The Hall–Kier alpha value is -7.22. The molecular weight excluding hydrogens is 783 g/mol. The van der Waals surface area contributed by atoms with Gasteiger partial charge in [0, 0.05) is 22.4 Å². The van der Waals surface area contributed by atoms with Crippen LogP contribution in [-0.4, -0.2) is 0 Å². The first kappa shape index (κ1) is 38.3. The molecule has 4 fully saturated rings. The summed E-state index contributed by atoms with van der Waals surface area (Å²) in [6.07, 6.45) is 7.00. The second kappa shape index (κ2) is 15.5. The molecule has 9 aromatic carbocycles. The molecule has 312 valence electrons. The first-order valence-electron chi connectivity index (χ1n) is 23.8. The molecule has 1 heteroatoms. The van der Waals surface area contributed by atoms with Crippen LogP contribution in [0.5, 0.6) is 0 Å². The summed E-state index contributed by atoms with van der Waals surface area (Å²) in [5.74, 6) is 3.29. The van der Waals surface area contributed by atoms with Crippen molar-refractivity contribution < 1.29 is 0 Å². The van der Waals surface area contributed by atoms with Gasteiger partial charge in [-0.2, -0.15) is 0 Å². The van der Waals surface area contributed by atoms with Crippen LogP contribution in [0.4, 0.5) is 17.1 Å². The van der Waals surface area contributed by atoms with Crippen LogP contribution in [0, 0.1) is 23.7 Å². The Labute approximate surface area is 383 Å². The van der Waals surface area contributed by atoms with Gasteiger partial charge in [-0.05, 0) is 164 Å². The summed E-state index contributed by atoms with van der Waals surface area (Å²) in [5, 5.41) is 0. The van der Waals surface area contributed by atoms with Crippen molar-refractivity contribution in [3.63, 3.8) is 0 Å². The lowest BCUT2D eigenvalue weighted by atomic mass is 9.43. The van der Waals surface area contributed by atoms with Gasteiger partial charge >= 0.3 is 0 Å². The van der Waals surface area contributed by atoms with E-state index in [1.54, 1.807) is 11.1 Å². The van der Waals surface area contributed by atoms with Gasteiger partial charge in [-0.25, -0.2) is 0 Å². The number of hydrogen-bond acceptors (Lipinski definition) is 1. The maximum Gasteiger partial charge on any atom is 0.0540 e. The van der Waals surface area contributed by atoms with E-state index in [-0.39, 0.29) is 5.41 Å². The highest BCUT2D eigenvalue weighted by Gasteiger charge is 2.61. The van der Waals surface area contributed by atoms with E-state index in [0.717, 1.165) is 35.0 Å². The molecule has 4 bridgehead atoms. The van der Waals surface area contributed by atoms with Crippen molar-refractivity contribution in [2.45, 2.75) is 37.5 Å². The van der Waals surface area contributed by atoms with Gasteiger partial charge in [-0.15, -0.1) is 0 Å². The third kappa shape index (κ3) is 6.20. The number of hydrogen-bond donors (Lipinski definition) is 0. The molecule has 0 aromatic heterocycles. The van der Waals surface area contributed by atoms with Crippen LogP contribution in [0.15, 0.2) is 224 Å². The first-order valence-corrected chi connectivity index (χ1v) is 23.8. The molecule has 0 unspecified atom stereocenters. The summed E-state index contributed by atoms with van der Waals surface area (Å²) in [7, 11) is 0. The highest BCUT2D eigenvalue weighted by molar-refractivity contribution is 5.98. The Balaban J connectivity index is 0.983. The lowest BCUT2D eigenvalue weighted by Gasteiger charge is -2.61. The van der Waals surface area contributed by atoms with Crippen LogP contribution in [0.2, 0.25) is 0 Å². The SMILES string of the molecule is c1ccc(-c2cccc(-c3ccc(N(c4ccc5c(c4)-c4ccccc4C54C5CC6CC(C5)CC4C6)c4ccccc4-c4ccccc4-c4ccccc4-c4ccccc4)cc3)c2)cc1. The van der Waals surface area contributed by atoms with Crippen LogP contribution in [0.3, 0.4) is 0 Å². The summed E-state index contributed by atoms with van der Waals surface area (Å²) < 4.78 is 0. The molecule has 1 spiro atoms. The van der Waals surface area contributed by atoms with Gasteiger partial charge in [0.2, 0.25) is 0 Å². The second-order valence-corrected chi connectivity index (χ2v) is 19.3. The molecule has 65 heavy (non-hydrogen) atoms. The minimum absolute atomic E-state index is 0.127. The van der Waals surface area contributed by atoms with Crippen molar-refractivity contribution in [2.24, 2.45) is 23.7 Å². The molecule has 9 aromatic rings. The predicted octanol–water partition coefficient (Wildman–Crippen LogP) is 17.2. The molecule has 0 heterocycles. The zero-order chi connectivity index (χ0) is 42.9. The normalized spacial score (nSPS) is 21.0. The topological polar surface area (TPSA) is 3.24 Å². The summed E-state index contributed by atoms with van der Waals surface area (Å²) in [6, 6.07) is 83.7. The van der Waals surface area contributed by atoms with Gasteiger partial charge in [0.25, 0.3) is 0 Å². The summed E-state index contributed by atoms with van der Waals surface area (Å²) in [5.41, 5.74) is 21.9. The third-order valence-electron chi connectivity index (χ3n) is 15.9. The maximum atomic E-state index is 2.57. The van der Waals surface area contributed by atoms with Crippen LogP contribution >= 0.6 is 0 Å². The molecule has 0 N–H and O–H groups in total. The molecule has 5 aliphatic rings. The van der Waals surface area contributed by atoms with Crippen molar-refractivity contribution in [3.8, 4) is 66.8 Å². The number of anilines is 3. The Bertz CT molecular complexity index is 3190. The molecule has 0 aliphatic heterocycles. The standard InChI is InChI=1S/C64H51N/c1-3-16-45(17-4-1)48-20-15-21-49(41-48)46-30-32-52(33-31-46)65(53-34-35-62-60(42-53)58-26-11-13-28-61(58)64(62)50-37-43-36-44(39-50)40-51(64)38-43)63-29-14-12-27-59(63)57-25-10-9-24-56(57)55-23-8-7-22-54(55)47-18-5-2-6-19-47/h1-35,41-44,50-51H,36-40H2. The largest absolute Gasteiger partial charge is 0.310 e. The summed E-state index contributed by atoms with van der Waals surface area (Å²) >= 11 is 0. The van der Waals surface area contributed by atoms with E-state index in [1.165, 1.54) is 105 Å². The van der Waals surface area contributed by atoms with Crippen LogP contribution in [-0.2, 0) is 5.41 Å². The van der Waals surface area contributed by atoms with Crippen molar-refractivity contribution in [1.82, 2.24) is 0 Å². The molecule has 1 nitrogen and oxygen atoms in total. The molecule has 0 amide bonds. The maximum absolute atomic E-state index is 2.57. The number of para-hydroxylation sites is 1. The number of fused-ring (bicyclic) bond motifs is 3. The third-order valence-corrected chi connectivity index (χ3v) is 15.9. The van der Waals surface area contributed by atoms with E-state index < -0.39 is 0 Å². The lowest BCUT2D eigenvalue weighted by molar-refractivity contribution is -0.0399. The van der Waals surface area contributed by atoms with E-state index in [2.05, 4.69) is 229 Å². The average molecular weight is 834 g/mol. The first-order chi connectivity index (χ1) is 32.2. The van der Waals surface area contributed by atoms with Gasteiger partial charge in [0.15, 0.2) is 0 Å². The fraction of sp³-hybridized carbons (Fsp3) is 0.156.